The maximum absolute atomic E-state index is 13.4. The number of amides is 1. The lowest BCUT2D eigenvalue weighted by atomic mass is 10.2. The Labute approximate surface area is 133 Å². The molecule has 0 aliphatic heterocycles. The van der Waals surface area contributed by atoms with Crippen LogP contribution in [-0.2, 0) is 4.79 Å². The minimum Gasteiger partial charge on any atom is -0.489 e. The topological polar surface area (TPSA) is 50.4 Å². The summed E-state index contributed by atoms with van der Waals surface area (Å²) in [5.74, 6) is -0.366. The van der Waals surface area contributed by atoms with E-state index in [2.05, 4.69) is 10.6 Å². The van der Waals surface area contributed by atoms with Crippen molar-refractivity contribution in [2.45, 2.75) is 6.92 Å². The number of para-hydroxylation sites is 1. The van der Waals surface area contributed by atoms with Crippen LogP contribution in [0.5, 0.6) is 5.75 Å². The van der Waals surface area contributed by atoms with E-state index in [4.69, 9.17) is 16.3 Å². The van der Waals surface area contributed by atoms with Gasteiger partial charge in [-0.2, -0.15) is 0 Å². The number of rotatable bonds is 6. The van der Waals surface area contributed by atoms with Gasteiger partial charge in [0.15, 0.2) is 11.6 Å². The van der Waals surface area contributed by atoms with Crippen LogP contribution in [0.3, 0.4) is 0 Å². The van der Waals surface area contributed by atoms with Crippen molar-refractivity contribution in [3.8, 4) is 5.75 Å². The van der Waals surface area contributed by atoms with Crippen LogP contribution in [-0.4, -0.2) is 19.1 Å². The van der Waals surface area contributed by atoms with Crippen molar-refractivity contribution in [2.24, 2.45) is 0 Å². The van der Waals surface area contributed by atoms with Gasteiger partial charge in [-0.3, -0.25) is 4.79 Å². The summed E-state index contributed by atoms with van der Waals surface area (Å²) in [6.07, 6.45) is 0. The van der Waals surface area contributed by atoms with Gasteiger partial charge in [0.1, 0.15) is 6.61 Å². The molecule has 0 aliphatic rings. The van der Waals surface area contributed by atoms with E-state index in [1.807, 2.05) is 0 Å². The number of hydrogen-bond donors (Lipinski definition) is 2. The lowest BCUT2D eigenvalue weighted by Crippen LogP contribution is -2.14. The van der Waals surface area contributed by atoms with Crippen LogP contribution in [0.1, 0.15) is 6.92 Å². The lowest BCUT2D eigenvalue weighted by Gasteiger charge is -2.13. The molecule has 0 aliphatic carbocycles. The van der Waals surface area contributed by atoms with E-state index in [-0.39, 0.29) is 18.3 Å². The van der Waals surface area contributed by atoms with Crippen molar-refractivity contribution in [3.63, 3.8) is 0 Å². The molecule has 1 amide bonds. The van der Waals surface area contributed by atoms with Crippen molar-refractivity contribution >= 4 is 28.9 Å². The predicted octanol–water partition coefficient (Wildman–Crippen LogP) is 3.93. The molecule has 0 radical (unpaired) electrons. The Kier molecular flexibility index (Phi) is 5.61. The van der Waals surface area contributed by atoms with Crippen LogP contribution in [0.2, 0.25) is 5.02 Å². The minimum atomic E-state index is -0.399. The quantitative estimate of drug-likeness (QED) is 0.792. The first kappa shape index (κ1) is 16.1. The maximum Gasteiger partial charge on any atom is 0.221 e. The molecule has 0 saturated carbocycles. The summed E-state index contributed by atoms with van der Waals surface area (Å²) in [4.78, 5) is 11.2. The molecule has 0 bridgehead atoms. The van der Waals surface area contributed by atoms with Gasteiger partial charge in [-0.05, 0) is 30.3 Å². The summed E-state index contributed by atoms with van der Waals surface area (Å²) in [5.41, 5.74) is 1.31. The standard InChI is InChI=1S/C16H16ClFN2O2/c1-11(21)20-14-7-6-12(17)10-15(14)19-8-9-22-16-5-3-2-4-13(16)18/h2-7,10,19H,8-9H2,1H3,(H,20,21). The highest BCUT2D eigenvalue weighted by atomic mass is 35.5. The first-order chi connectivity index (χ1) is 10.6. The molecule has 0 heterocycles. The summed E-state index contributed by atoms with van der Waals surface area (Å²) < 4.78 is 18.7. The monoisotopic (exact) mass is 322 g/mol. The highest BCUT2D eigenvalue weighted by Gasteiger charge is 2.05. The Hall–Kier alpha value is -2.27. The summed E-state index contributed by atoms with van der Waals surface area (Å²) in [6.45, 7) is 2.13. The van der Waals surface area contributed by atoms with E-state index in [0.717, 1.165) is 0 Å². The van der Waals surface area contributed by atoms with Crippen molar-refractivity contribution in [3.05, 3.63) is 53.3 Å². The summed E-state index contributed by atoms with van der Waals surface area (Å²) >= 11 is 5.95. The second-order valence-corrected chi connectivity index (χ2v) is 5.01. The molecule has 0 saturated heterocycles. The van der Waals surface area contributed by atoms with Gasteiger partial charge in [0.25, 0.3) is 0 Å². The molecule has 0 atom stereocenters. The Morgan fingerprint density at radius 1 is 1.23 bits per heavy atom. The highest BCUT2D eigenvalue weighted by Crippen LogP contribution is 2.25. The van der Waals surface area contributed by atoms with Crippen LogP contribution in [0.4, 0.5) is 15.8 Å². The molecule has 6 heteroatoms. The largest absolute Gasteiger partial charge is 0.489 e. The smallest absolute Gasteiger partial charge is 0.221 e. The number of carbonyl (C=O) groups is 1. The Bertz CT molecular complexity index is 664. The predicted molar refractivity (Wildman–Crippen MR) is 86.1 cm³/mol. The zero-order valence-electron chi connectivity index (χ0n) is 12.0. The van der Waals surface area contributed by atoms with E-state index in [9.17, 15) is 9.18 Å². The van der Waals surface area contributed by atoms with Crippen molar-refractivity contribution < 1.29 is 13.9 Å². The van der Waals surface area contributed by atoms with Crippen molar-refractivity contribution in [2.75, 3.05) is 23.8 Å². The number of nitrogens with one attached hydrogen (secondary N) is 2. The summed E-state index contributed by atoms with van der Waals surface area (Å²) in [5, 5.41) is 6.36. The molecule has 22 heavy (non-hydrogen) atoms. The molecule has 116 valence electrons. The van der Waals surface area contributed by atoms with Crippen LogP contribution in [0, 0.1) is 5.82 Å². The van der Waals surface area contributed by atoms with Crippen LogP contribution in [0.15, 0.2) is 42.5 Å². The van der Waals surface area contributed by atoms with Crippen LogP contribution in [0.25, 0.3) is 0 Å². The minimum absolute atomic E-state index is 0.173. The average Bonchev–Trinajstić information content (AvgIpc) is 2.47. The first-order valence-electron chi connectivity index (χ1n) is 6.74. The number of ether oxygens (including phenoxy) is 1. The number of anilines is 2. The molecule has 4 nitrogen and oxygen atoms in total. The molecule has 2 aromatic rings. The third kappa shape index (κ3) is 4.63. The zero-order chi connectivity index (χ0) is 15.9. The van der Waals surface area contributed by atoms with E-state index in [1.54, 1.807) is 36.4 Å². The average molecular weight is 323 g/mol. The Morgan fingerprint density at radius 2 is 2.00 bits per heavy atom. The van der Waals surface area contributed by atoms with E-state index in [0.29, 0.717) is 22.9 Å². The zero-order valence-corrected chi connectivity index (χ0v) is 12.8. The van der Waals surface area contributed by atoms with Gasteiger partial charge in [0, 0.05) is 18.5 Å². The number of halogens is 2. The van der Waals surface area contributed by atoms with Crippen LogP contribution < -0.4 is 15.4 Å². The fourth-order valence-corrected chi connectivity index (χ4v) is 2.04. The molecular formula is C16H16ClFN2O2. The molecule has 2 N–H and O–H groups in total. The SMILES string of the molecule is CC(=O)Nc1ccc(Cl)cc1NCCOc1ccccc1F. The highest BCUT2D eigenvalue weighted by molar-refractivity contribution is 6.31. The van der Waals surface area contributed by atoms with Crippen molar-refractivity contribution in [1.29, 1.82) is 0 Å². The van der Waals surface area contributed by atoms with Gasteiger partial charge >= 0.3 is 0 Å². The summed E-state index contributed by atoms with van der Waals surface area (Å²) in [6, 6.07) is 11.3. The molecule has 0 spiro atoms. The van der Waals surface area contributed by atoms with Gasteiger partial charge in [0.2, 0.25) is 5.91 Å². The first-order valence-corrected chi connectivity index (χ1v) is 7.12. The van der Waals surface area contributed by atoms with Gasteiger partial charge in [-0.15, -0.1) is 0 Å². The normalized spacial score (nSPS) is 10.1. The number of carbonyl (C=O) groups excluding carboxylic acids is 1. The molecule has 2 aromatic carbocycles. The van der Waals surface area contributed by atoms with Gasteiger partial charge in [0.05, 0.1) is 11.4 Å². The fraction of sp³-hybridized carbons (Fsp3) is 0.188. The van der Waals surface area contributed by atoms with Gasteiger partial charge in [-0.25, -0.2) is 4.39 Å². The third-order valence-electron chi connectivity index (χ3n) is 2.80. The summed E-state index contributed by atoms with van der Waals surface area (Å²) in [7, 11) is 0. The van der Waals surface area contributed by atoms with Gasteiger partial charge < -0.3 is 15.4 Å². The second kappa shape index (κ2) is 7.66. The lowest BCUT2D eigenvalue weighted by molar-refractivity contribution is -0.114. The van der Waals surface area contributed by atoms with Crippen LogP contribution >= 0.6 is 11.6 Å². The number of benzene rings is 2. The molecule has 0 fully saturated rings. The van der Waals surface area contributed by atoms with E-state index in [1.165, 1.54) is 13.0 Å². The Morgan fingerprint density at radius 3 is 2.73 bits per heavy atom. The van der Waals surface area contributed by atoms with E-state index < -0.39 is 5.82 Å². The molecule has 0 aromatic heterocycles. The molecule has 0 unspecified atom stereocenters. The molecular weight excluding hydrogens is 307 g/mol. The third-order valence-corrected chi connectivity index (χ3v) is 3.04. The van der Waals surface area contributed by atoms with Crippen molar-refractivity contribution in [1.82, 2.24) is 0 Å². The number of hydrogen-bond acceptors (Lipinski definition) is 3. The maximum atomic E-state index is 13.4. The van der Waals surface area contributed by atoms with E-state index >= 15 is 0 Å². The fourth-order valence-electron chi connectivity index (χ4n) is 1.87. The van der Waals surface area contributed by atoms with Gasteiger partial charge in [-0.1, -0.05) is 23.7 Å². The molecule has 2 rings (SSSR count). The Balaban J connectivity index is 1.92. The second-order valence-electron chi connectivity index (χ2n) is 4.58.